The van der Waals surface area contributed by atoms with Crippen molar-refractivity contribution in [1.82, 2.24) is 0 Å². The molecule has 0 saturated carbocycles. The van der Waals surface area contributed by atoms with Gasteiger partial charge >= 0.3 is 12.1 Å². The first kappa shape index (κ1) is 16.5. The number of carboxylic acids is 1. The molecule has 3 N–H and O–H groups in total. The van der Waals surface area contributed by atoms with E-state index in [4.69, 9.17) is 10.8 Å². The minimum Gasteiger partial charge on any atom is -0.481 e. The second-order valence-electron chi connectivity index (χ2n) is 5.08. The molecule has 1 aromatic carbocycles. The number of rotatable bonds is 5. The van der Waals surface area contributed by atoms with Crippen LogP contribution in [-0.2, 0) is 16.4 Å². The van der Waals surface area contributed by atoms with Gasteiger partial charge in [0.2, 0.25) is 0 Å². The van der Waals surface area contributed by atoms with Gasteiger partial charge < -0.3 is 10.8 Å². The second-order valence-corrected chi connectivity index (χ2v) is 5.08. The molecular formula is C14H18F3NO2. The molecule has 0 aromatic heterocycles. The lowest BCUT2D eigenvalue weighted by atomic mass is 9.72. The van der Waals surface area contributed by atoms with E-state index in [0.717, 1.165) is 12.1 Å². The van der Waals surface area contributed by atoms with Crippen molar-refractivity contribution in [2.75, 3.05) is 0 Å². The van der Waals surface area contributed by atoms with E-state index < -0.39 is 29.2 Å². The fourth-order valence-corrected chi connectivity index (χ4v) is 2.26. The molecule has 1 rings (SSSR count). The Morgan fingerprint density at radius 1 is 1.35 bits per heavy atom. The predicted octanol–water partition coefficient (Wildman–Crippen LogP) is 3.18. The number of halogens is 3. The van der Waals surface area contributed by atoms with E-state index in [1.165, 1.54) is 12.1 Å². The smallest absolute Gasteiger partial charge is 0.416 e. The zero-order chi connectivity index (χ0) is 15.6. The molecule has 0 aliphatic carbocycles. The number of aliphatic carboxylic acids is 1. The van der Waals surface area contributed by atoms with Gasteiger partial charge in [0, 0.05) is 11.5 Å². The highest BCUT2D eigenvalue weighted by atomic mass is 19.4. The van der Waals surface area contributed by atoms with Gasteiger partial charge in [0.05, 0.1) is 12.0 Å². The molecule has 0 bridgehead atoms. The molecule has 3 nitrogen and oxygen atoms in total. The maximum atomic E-state index is 12.8. The van der Waals surface area contributed by atoms with Crippen molar-refractivity contribution in [2.24, 2.45) is 5.73 Å². The number of carboxylic acid groups (broad SMARTS) is 1. The molecule has 0 spiro atoms. The van der Waals surface area contributed by atoms with Crippen molar-refractivity contribution in [3.8, 4) is 0 Å². The maximum absolute atomic E-state index is 12.8. The predicted molar refractivity (Wildman–Crippen MR) is 69.3 cm³/mol. The van der Waals surface area contributed by atoms with Crippen LogP contribution in [0.5, 0.6) is 0 Å². The van der Waals surface area contributed by atoms with Gasteiger partial charge in [-0.05, 0) is 18.1 Å². The molecule has 1 aromatic rings. The Kier molecular flexibility index (Phi) is 4.81. The number of alkyl halides is 3. The van der Waals surface area contributed by atoms with Crippen molar-refractivity contribution in [3.05, 3.63) is 35.4 Å². The van der Waals surface area contributed by atoms with E-state index in [1.54, 1.807) is 13.8 Å². The molecule has 0 aliphatic rings. The highest BCUT2D eigenvalue weighted by molar-refractivity contribution is 5.69. The zero-order valence-corrected chi connectivity index (χ0v) is 11.4. The Hall–Kier alpha value is -1.56. The van der Waals surface area contributed by atoms with Gasteiger partial charge in [-0.2, -0.15) is 13.2 Å². The Balaban J connectivity index is 3.31. The Bertz CT molecular complexity index is 488. The molecule has 112 valence electrons. The third-order valence-electron chi connectivity index (χ3n) is 3.63. The van der Waals surface area contributed by atoms with Crippen LogP contribution >= 0.6 is 0 Å². The van der Waals surface area contributed by atoms with Gasteiger partial charge in [0.15, 0.2) is 0 Å². The van der Waals surface area contributed by atoms with Gasteiger partial charge in [0.1, 0.15) is 0 Å². The summed E-state index contributed by atoms with van der Waals surface area (Å²) in [5, 5.41) is 9.01. The van der Waals surface area contributed by atoms with Crippen molar-refractivity contribution in [2.45, 2.75) is 44.3 Å². The van der Waals surface area contributed by atoms with Crippen LogP contribution in [0.2, 0.25) is 0 Å². The van der Waals surface area contributed by atoms with E-state index in [1.807, 2.05) is 0 Å². The largest absolute Gasteiger partial charge is 0.481 e. The number of carbonyl (C=O) groups is 1. The van der Waals surface area contributed by atoms with Crippen LogP contribution in [0.4, 0.5) is 13.2 Å². The average molecular weight is 289 g/mol. The summed E-state index contributed by atoms with van der Waals surface area (Å²) in [7, 11) is 0. The monoisotopic (exact) mass is 289 g/mol. The molecule has 6 heteroatoms. The van der Waals surface area contributed by atoms with Crippen LogP contribution in [0.15, 0.2) is 24.3 Å². The van der Waals surface area contributed by atoms with Crippen LogP contribution in [0.1, 0.15) is 37.8 Å². The number of hydrogen-bond donors (Lipinski definition) is 2. The first-order valence-corrected chi connectivity index (χ1v) is 6.26. The molecule has 0 radical (unpaired) electrons. The molecular weight excluding hydrogens is 271 g/mol. The number of hydrogen-bond acceptors (Lipinski definition) is 2. The lowest BCUT2D eigenvalue weighted by Crippen LogP contribution is -2.44. The maximum Gasteiger partial charge on any atom is 0.416 e. The quantitative estimate of drug-likeness (QED) is 0.875. The highest BCUT2D eigenvalue weighted by Crippen LogP contribution is 2.36. The third kappa shape index (κ3) is 3.50. The van der Waals surface area contributed by atoms with Crippen LogP contribution in [0, 0.1) is 0 Å². The van der Waals surface area contributed by atoms with Crippen molar-refractivity contribution < 1.29 is 23.1 Å². The Morgan fingerprint density at radius 3 is 2.35 bits per heavy atom. The van der Waals surface area contributed by atoms with Gasteiger partial charge in [-0.3, -0.25) is 4.79 Å². The Labute approximate surface area is 115 Å². The SMILES string of the molecule is CCC(N)C(C)(CC(=O)O)c1cccc(C(F)(F)F)c1. The highest BCUT2D eigenvalue weighted by Gasteiger charge is 2.37. The third-order valence-corrected chi connectivity index (χ3v) is 3.63. The molecule has 20 heavy (non-hydrogen) atoms. The van der Waals surface area contributed by atoms with Crippen LogP contribution in [0.3, 0.4) is 0 Å². The van der Waals surface area contributed by atoms with Gasteiger partial charge in [-0.15, -0.1) is 0 Å². The van der Waals surface area contributed by atoms with Gasteiger partial charge in [-0.1, -0.05) is 32.0 Å². The summed E-state index contributed by atoms with van der Waals surface area (Å²) in [6.07, 6.45) is -4.31. The standard InChI is InChI=1S/C14H18F3NO2/c1-3-11(18)13(2,8-12(19)20)9-5-4-6-10(7-9)14(15,16)17/h4-7,11H,3,8,18H2,1-2H3,(H,19,20). The summed E-state index contributed by atoms with van der Waals surface area (Å²) in [6.45, 7) is 3.36. The number of benzene rings is 1. The molecule has 0 aliphatic heterocycles. The minimum absolute atomic E-state index is 0.295. The van der Waals surface area contributed by atoms with E-state index in [0.29, 0.717) is 12.0 Å². The van der Waals surface area contributed by atoms with E-state index >= 15 is 0 Å². The number of nitrogens with two attached hydrogens (primary N) is 1. The summed E-state index contributed by atoms with van der Waals surface area (Å²) in [5.41, 5.74) is 4.41. The van der Waals surface area contributed by atoms with Gasteiger partial charge in [-0.25, -0.2) is 0 Å². The van der Waals surface area contributed by atoms with Crippen molar-refractivity contribution in [3.63, 3.8) is 0 Å². The molecule has 0 fully saturated rings. The first-order valence-electron chi connectivity index (χ1n) is 6.26. The zero-order valence-electron chi connectivity index (χ0n) is 11.4. The minimum atomic E-state index is -4.46. The summed E-state index contributed by atoms with van der Waals surface area (Å²) in [6, 6.07) is 4.18. The van der Waals surface area contributed by atoms with Crippen molar-refractivity contribution >= 4 is 5.97 Å². The summed E-state index contributed by atoms with van der Waals surface area (Å²) in [5.74, 6) is -1.09. The lowest BCUT2D eigenvalue weighted by molar-refractivity contribution is -0.138. The van der Waals surface area contributed by atoms with Gasteiger partial charge in [0.25, 0.3) is 0 Å². The Morgan fingerprint density at radius 2 is 1.90 bits per heavy atom. The lowest BCUT2D eigenvalue weighted by Gasteiger charge is -2.34. The van der Waals surface area contributed by atoms with E-state index in [2.05, 4.69) is 0 Å². The van der Waals surface area contributed by atoms with Crippen LogP contribution < -0.4 is 5.73 Å². The molecule has 0 saturated heterocycles. The summed E-state index contributed by atoms with van der Waals surface area (Å²) >= 11 is 0. The van der Waals surface area contributed by atoms with E-state index in [9.17, 15) is 18.0 Å². The van der Waals surface area contributed by atoms with Crippen LogP contribution in [0.25, 0.3) is 0 Å². The molecule has 2 unspecified atom stereocenters. The van der Waals surface area contributed by atoms with E-state index in [-0.39, 0.29) is 6.42 Å². The van der Waals surface area contributed by atoms with Crippen LogP contribution in [-0.4, -0.2) is 17.1 Å². The second kappa shape index (κ2) is 5.83. The van der Waals surface area contributed by atoms with Crippen molar-refractivity contribution in [1.29, 1.82) is 0 Å². The summed E-state index contributed by atoms with van der Waals surface area (Å²) < 4.78 is 38.3. The molecule has 0 heterocycles. The first-order chi connectivity index (χ1) is 9.11. The summed E-state index contributed by atoms with van der Waals surface area (Å²) in [4.78, 5) is 11.0. The fraction of sp³-hybridized carbons (Fsp3) is 0.500. The molecule has 2 atom stereocenters. The topological polar surface area (TPSA) is 63.3 Å². The fourth-order valence-electron chi connectivity index (χ4n) is 2.26. The normalized spacial score (nSPS) is 16.5. The molecule has 0 amide bonds. The average Bonchev–Trinajstić information content (AvgIpc) is 2.36.